The van der Waals surface area contributed by atoms with E-state index in [0.717, 1.165) is 63.7 Å². The Labute approximate surface area is 156 Å². The molecule has 7 heteroatoms. The highest BCUT2D eigenvalue weighted by atomic mass is 35.5. The molecule has 1 aromatic carbocycles. The zero-order valence-electron chi connectivity index (χ0n) is 14.5. The van der Waals surface area contributed by atoms with Gasteiger partial charge in [0, 0.05) is 36.3 Å². The van der Waals surface area contributed by atoms with E-state index in [1.54, 1.807) is 13.2 Å². The predicted octanol–water partition coefficient (Wildman–Crippen LogP) is 2.98. The van der Waals surface area contributed by atoms with Crippen LogP contribution < -0.4 is 14.8 Å². The molecule has 1 fully saturated rings. The van der Waals surface area contributed by atoms with Crippen LogP contribution in [0.4, 0.5) is 0 Å². The van der Waals surface area contributed by atoms with E-state index in [4.69, 9.17) is 25.8 Å². The Kier molecular flexibility index (Phi) is 10.5. The summed E-state index contributed by atoms with van der Waals surface area (Å²) >= 11 is 6.16. The van der Waals surface area contributed by atoms with Crippen LogP contribution in [0.2, 0.25) is 5.02 Å². The monoisotopic (exact) mass is 378 g/mol. The van der Waals surface area contributed by atoms with E-state index in [1.165, 1.54) is 0 Å². The summed E-state index contributed by atoms with van der Waals surface area (Å²) in [4.78, 5) is 2.44. The van der Waals surface area contributed by atoms with Crippen molar-refractivity contribution >= 4 is 24.0 Å². The molecule has 0 bridgehead atoms. The van der Waals surface area contributed by atoms with E-state index < -0.39 is 0 Å². The van der Waals surface area contributed by atoms with Gasteiger partial charge >= 0.3 is 0 Å². The van der Waals surface area contributed by atoms with Gasteiger partial charge < -0.3 is 19.5 Å². The van der Waals surface area contributed by atoms with Crippen molar-refractivity contribution in [3.63, 3.8) is 0 Å². The van der Waals surface area contributed by atoms with Gasteiger partial charge in [-0.05, 0) is 32.5 Å². The fourth-order valence-electron chi connectivity index (χ4n) is 2.69. The topological polar surface area (TPSA) is 43.0 Å². The van der Waals surface area contributed by atoms with Crippen molar-refractivity contribution in [3.8, 4) is 11.5 Å². The minimum Gasteiger partial charge on any atom is -0.493 e. The van der Waals surface area contributed by atoms with Gasteiger partial charge in [-0.3, -0.25) is 4.90 Å². The molecule has 0 saturated carbocycles. The van der Waals surface area contributed by atoms with Crippen molar-refractivity contribution in [2.24, 2.45) is 0 Å². The molecule has 0 unspecified atom stereocenters. The average molecular weight is 379 g/mol. The Balaban J connectivity index is 0.00000288. The number of ether oxygens (including phenoxy) is 3. The molecule has 1 aromatic rings. The maximum absolute atomic E-state index is 6.16. The molecular weight excluding hydrogens is 351 g/mol. The quantitative estimate of drug-likeness (QED) is 0.669. The third-order valence-corrected chi connectivity index (χ3v) is 4.07. The standard InChI is InChI=1S/C17H27ClN2O3.ClH/c1-3-23-17-14(11-15(18)12-16(17)21-2)13-19-5-4-6-20-7-9-22-10-8-20;/h11-12,19H,3-10,13H2,1-2H3;1H. The Hall–Kier alpha value is -0.720. The van der Waals surface area contributed by atoms with Gasteiger partial charge in [-0.1, -0.05) is 11.6 Å². The molecule has 0 amide bonds. The van der Waals surface area contributed by atoms with Crippen molar-refractivity contribution in [1.82, 2.24) is 10.2 Å². The van der Waals surface area contributed by atoms with Crippen LogP contribution in [0.25, 0.3) is 0 Å². The molecule has 1 aliphatic rings. The first-order valence-electron chi connectivity index (χ1n) is 8.24. The Morgan fingerprint density at radius 1 is 1.29 bits per heavy atom. The van der Waals surface area contributed by atoms with E-state index in [1.807, 2.05) is 13.0 Å². The lowest BCUT2D eigenvalue weighted by Crippen LogP contribution is -2.37. The molecule has 1 N–H and O–H groups in total. The number of hydrogen-bond donors (Lipinski definition) is 1. The number of nitrogens with one attached hydrogen (secondary N) is 1. The van der Waals surface area contributed by atoms with E-state index in [-0.39, 0.29) is 12.4 Å². The first kappa shape index (κ1) is 21.3. The first-order valence-corrected chi connectivity index (χ1v) is 8.62. The Morgan fingerprint density at radius 3 is 2.71 bits per heavy atom. The summed E-state index contributed by atoms with van der Waals surface area (Å²) in [7, 11) is 1.63. The van der Waals surface area contributed by atoms with Gasteiger partial charge in [-0.2, -0.15) is 0 Å². The molecule has 1 heterocycles. The summed E-state index contributed by atoms with van der Waals surface area (Å²) in [5, 5.41) is 4.13. The van der Waals surface area contributed by atoms with Crippen molar-refractivity contribution in [2.45, 2.75) is 19.9 Å². The maximum atomic E-state index is 6.16. The normalized spacial score (nSPS) is 15.0. The molecule has 24 heavy (non-hydrogen) atoms. The minimum absolute atomic E-state index is 0. The number of rotatable bonds is 9. The first-order chi connectivity index (χ1) is 11.2. The fraction of sp³-hybridized carbons (Fsp3) is 0.647. The fourth-order valence-corrected chi connectivity index (χ4v) is 2.92. The Bertz CT molecular complexity index is 483. The molecule has 0 aliphatic carbocycles. The molecule has 0 spiro atoms. The lowest BCUT2D eigenvalue weighted by atomic mass is 10.1. The van der Waals surface area contributed by atoms with Crippen molar-refractivity contribution in [1.29, 1.82) is 0 Å². The summed E-state index contributed by atoms with van der Waals surface area (Å²) in [6, 6.07) is 3.72. The van der Waals surface area contributed by atoms with Gasteiger partial charge in [-0.25, -0.2) is 0 Å². The van der Waals surface area contributed by atoms with Gasteiger partial charge in [0.05, 0.1) is 26.9 Å². The smallest absolute Gasteiger partial charge is 0.165 e. The maximum Gasteiger partial charge on any atom is 0.165 e. The van der Waals surface area contributed by atoms with E-state index in [9.17, 15) is 0 Å². The highest BCUT2D eigenvalue weighted by Gasteiger charge is 2.13. The number of hydrogen-bond acceptors (Lipinski definition) is 5. The van der Waals surface area contributed by atoms with E-state index in [0.29, 0.717) is 17.4 Å². The van der Waals surface area contributed by atoms with Crippen LogP contribution in [0.1, 0.15) is 18.9 Å². The van der Waals surface area contributed by atoms with Crippen LogP contribution in [0, 0.1) is 0 Å². The highest BCUT2D eigenvalue weighted by Crippen LogP contribution is 2.34. The summed E-state index contributed by atoms with van der Waals surface area (Å²) in [6.07, 6.45) is 1.11. The number of nitrogens with zero attached hydrogens (tertiary/aromatic N) is 1. The van der Waals surface area contributed by atoms with Crippen LogP contribution >= 0.6 is 24.0 Å². The van der Waals surface area contributed by atoms with E-state index in [2.05, 4.69) is 10.2 Å². The summed E-state index contributed by atoms with van der Waals surface area (Å²) in [6.45, 7) is 9.14. The second-order valence-electron chi connectivity index (χ2n) is 5.51. The SMILES string of the molecule is CCOc1c(CNCCCN2CCOCC2)cc(Cl)cc1OC.Cl. The van der Waals surface area contributed by atoms with Crippen LogP contribution in [0.5, 0.6) is 11.5 Å². The Morgan fingerprint density at radius 2 is 2.04 bits per heavy atom. The van der Waals surface area contributed by atoms with Gasteiger partial charge in [-0.15, -0.1) is 12.4 Å². The number of benzene rings is 1. The molecule has 5 nitrogen and oxygen atoms in total. The minimum atomic E-state index is 0. The largest absolute Gasteiger partial charge is 0.493 e. The number of morpholine rings is 1. The van der Waals surface area contributed by atoms with Gasteiger partial charge in [0.25, 0.3) is 0 Å². The van der Waals surface area contributed by atoms with E-state index >= 15 is 0 Å². The van der Waals surface area contributed by atoms with Crippen LogP contribution in [-0.2, 0) is 11.3 Å². The lowest BCUT2D eigenvalue weighted by molar-refractivity contribution is 0.0374. The molecule has 138 valence electrons. The summed E-state index contributed by atoms with van der Waals surface area (Å²) in [5.41, 5.74) is 1.03. The van der Waals surface area contributed by atoms with Crippen LogP contribution in [0.15, 0.2) is 12.1 Å². The number of halogens is 2. The molecule has 2 rings (SSSR count). The molecule has 0 aromatic heterocycles. The summed E-state index contributed by atoms with van der Waals surface area (Å²) in [5.74, 6) is 1.46. The summed E-state index contributed by atoms with van der Waals surface area (Å²) < 4.78 is 16.4. The predicted molar refractivity (Wildman–Crippen MR) is 100 cm³/mol. The zero-order chi connectivity index (χ0) is 16.5. The van der Waals surface area contributed by atoms with Crippen molar-refractivity contribution in [3.05, 3.63) is 22.7 Å². The molecule has 1 saturated heterocycles. The second kappa shape index (κ2) is 11.8. The van der Waals surface area contributed by atoms with Crippen molar-refractivity contribution in [2.75, 3.05) is 53.1 Å². The average Bonchev–Trinajstić information content (AvgIpc) is 2.57. The molecule has 0 radical (unpaired) electrons. The zero-order valence-corrected chi connectivity index (χ0v) is 16.0. The van der Waals surface area contributed by atoms with Crippen molar-refractivity contribution < 1.29 is 14.2 Å². The molecule has 1 aliphatic heterocycles. The van der Waals surface area contributed by atoms with Crippen LogP contribution in [-0.4, -0.2) is 58.0 Å². The van der Waals surface area contributed by atoms with Gasteiger partial charge in [0.15, 0.2) is 11.5 Å². The van der Waals surface area contributed by atoms with Gasteiger partial charge in [0.2, 0.25) is 0 Å². The highest BCUT2D eigenvalue weighted by molar-refractivity contribution is 6.30. The number of methoxy groups -OCH3 is 1. The van der Waals surface area contributed by atoms with Crippen LogP contribution in [0.3, 0.4) is 0 Å². The third-order valence-electron chi connectivity index (χ3n) is 3.85. The lowest BCUT2D eigenvalue weighted by Gasteiger charge is -2.26. The van der Waals surface area contributed by atoms with Gasteiger partial charge in [0.1, 0.15) is 0 Å². The second-order valence-corrected chi connectivity index (χ2v) is 5.95. The molecular formula is C17H28Cl2N2O3. The molecule has 0 atom stereocenters. The third kappa shape index (κ3) is 6.65.